The molecule has 3 aliphatic heterocycles. The normalized spacial score (nSPS) is 19.8. The number of allylic oxidation sites excluding steroid dienone is 1. The van der Waals surface area contributed by atoms with Crippen molar-refractivity contribution in [1.82, 2.24) is 20.0 Å². The van der Waals surface area contributed by atoms with Crippen LogP contribution in [0.25, 0.3) is 0 Å². The van der Waals surface area contributed by atoms with E-state index in [4.69, 9.17) is 0 Å². The summed E-state index contributed by atoms with van der Waals surface area (Å²) in [5, 5.41) is 10.5. The third-order valence-electron chi connectivity index (χ3n) is 7.08. The lowest BCUT2D eigenvalue weighted by Gasteiger charge is -2.41. The van der Waals surface area contributed by atoms with Crippen LogP contribution in [-0.2, 0) is 11.3 Å². The maximum Gasteiger partial charge on any atom is 0.264 e. The van der Waals surface area contributed by atoms with E-state index in [9.17, 15) is 14.4 Å². The number of aromatic nitrogens is 2. The van der Waals surface area contributed by atoms with Crippen molar-refractivity contribution < 1.29 is 14.4 Å². The molecule has 1 atom stereocenters. The van der Waals surface area contributed by atoms with Crippen molar-refractivity contribution in [2.24, 2.45) is 0 Å². The summed E-state index contributed by atoms with van der Waals surface area (Å²) in [6, 6.07) is 15.0. The van der Waals surface area contributed by atoms with Crippen LogP contribution < -0.4 is 15.5 Å². The standard InChI is InChI=1S/C27H26N6O3/c1-17-10-11-23(25(34)30-17)33-26(35)21-8-5-9-22(24(21)27(33)36)28-12-18-13-29-32(14-18)20-15-31(16-20)19-6-3-2-4-7-19/h2-9,13-14,20,23,28H,1,10-12,15-16H2,(H,30,34). The molecule has 0 radical (unpaired) electrons. The third kappa shape index (κ3) is 3.73. The Morgan fingerprint density at radius 3 is 2.61 bits per heavy atom. The maximum atomic E-state index is 13.3. The Kier molecular flexibility index (Phi) is 5.32. The SMILES string of the molecule is C=C1CCC(N2C(=O)c3cccc(NCc4cnn(C5CN(c6ccccc6)C5)c4)c3C2=O)C(=O)N1. The fourth-order valence-corrected chi connectivity index (χ4v) is 5.08. The van der Waals surface area contributed by atoms with Crippen LogP contribution in [0.1, 0.15) is 45.2 Å². The summed E-state index contributed by atoms with van der Waals surface area (Å²) >= 11 is 0. The number of carbonyl (C=O) groups is 3. The molecule has 9 heteroatoms. The van der Waals surface area contributed by atoms with Gasteiger partial charge in [-0.2, -0.15) is 5.10 Å². The molecular formula is C27H26N6O3. The molecule has 1 aromatic heterocycles. The van der Waals surface area contributed by atoms with Gasteiger partial charge in [-0.25, -0.2) is 0 Å². The number of para-hydroxylation sites is 1. The Morgan fingerprint density at radius 1 is 1.03 bits per heavy atom. The number of nitrogens with zero attached hydrogens (tertiary/aromatic N) is 4. The lowest BCUT2D eigenvalue weighted by molar-refractivity contribution is -0.125. The van der Waals surface area contributed by atoms with Gasteiger partial charge in [0.2, 0.25) is 5.91 Å². The van der Waals surface area contributed by atoms with Crippen molar-refractivity contribution in [3.63, 3.8) is 0 Å². The first-order chi connectivity index (χ1) is 17.5. The van der Waals surface area contributed by atoms with Gasteiger partial charge in [-0.05, 0) is 37.1 Å². The number of nitrogens with one attached hydrogen (secondary N) is 2. The van der Waals surface area contributed by atoms with Gasteiger partial charge in [0.05, 0.1) is 23.4 Å². The third-order valence-corrected chi connectivity index (χ3v) is 7.08. The first kappa shape index (κ1) is 22.1. The Labute approximate surface area is 208 Å². The zero-order valence-electron chi connectivity index (χ0n) is 19.7. The number of piperidine rings is 1. The lowest BCUT2D eigenvalue weighted by Crippen LogP contribution is -2.51. The van der Waals surface area contributed by atoms with Crippen LogP contribution in [0.4, 0.5) is 11.4 Å². The molecule has 0 spiro atoms. The van der Waals surface area contributed by atoms with Gasteiger partial charge in [-0.3, -0.25) is 24.0 Å². The summed E-state index contributed by atoms with van der Waals surface area (Å²) in [6.07, 6.45) is 4.74. The van der Waals surface area contributed by atoms with Gasteiger partial charge in [0, 0.05) is 48.5 Å². The zero-order valence-corrected chi connectivity index (χ0v) is 19.7. The molecule has 0 aliphatic carbocycles. The van der Waals surface area contributed by atoms with Crippen LogP contribution in [-0.4, -0.2) is 51.5 Å². The highest BCUT2D eigenvalue weighted by atomic mass is 16.2. The van der Waals surface area contributed by atoms with Crippen molar-refractivity contribution in [3.8, 4) is 0 Å². The van der Waals surface area contributed by atoms with E-state index in [2.05, 4.69) is 39.3 Å². The fourth-order valence-electron chi connectivity index (χ4n) is 5.08. The van der Waals surface area contributed by atoms with E-state index in [-0.39, 0.29) is 5.91 Å². The van der Waals surface area contributed by atoms with Crippen LogP contribution in [0.5, 0.6) is 0 Å². The van der Waals surface area contributed by atoms with Crippen molar-refractivity contribution >= 4 is 29.1 Å². The molecular weight excluding hydrogens is 456 g/mol. The van der Waals surface area contributed by atoms with Crippen molar-refractivity contribution in [3.05, 3.63) is 89.9 Å². The van der Waals surface area contributed by atoms with Crippen molar-refractivity contribution in [2.75, 3.05) is 23.3 Å². The van der Waals surface area contributed by atoms with E-state index < -0.39 is 17.9 Å². The molecule has 2 saturated heterocycles. The van der Waals surface area contributed by atoms with E-state index in [1.165, 1.54) is 5.69 Å². The number of rotatable bonds is 6. The highest BCUT2D eigenvalue weighted by molar-refractivity contribution is 6.25. The Bertz CT molecular complexity index is 1380. The van der Waals surface area contributed by atoms with Gasteiger partial charge in [0.1, 0.15) is 6.04 Å². The molecule has 2 fully saturated rings. The van der Waals surface area contributed by atoms with Gasteiger partial charge in [0.25, 0.3) is 11.8 Å². The smallest absolute Gasteiger partial charge is 0.264 e. The maximum absolute atomic E-state index is 13.3. The van der Waals surface area contributed by atoms with Crippen LogP contribution in [0.2, 0.25) is 0 Å². The molecule has 0 saturated carbocycles. The van der Waals surface area contributed by atoms with Crippen molar-refractivity contribution in [2.45, 2.75) is 31.5 Å². The lowest BCUT2D eigenvalue weighted by atomic mass is 10.0. The Morgan fingerprint density at radius 2 is 1.83 bits per heavy atom. The number of imide groups is 1. The van der Waals surface area contributed by atoms with Gasteiger partial charge in [-0.15, -0.1) is 0 Å². The molecule has 6 rings (SSSR count). The number of carbonyl (C=O) groups excluding carboxylic acids is 3. The minimum Gasteiger partial charge on any atom is -0.380 e. The number of anilines is 2. The van der Waals surface area contributed by atoms with Crippen LogP contribution in [0, 0.1) is 0 Å². The van der Waals surface area contributed by atoms with Gasteiger partial charge in [-0.1, -0.05) is 30.8 Å². The van der Waals surface area contributed by atoms with Crippen LogP contribution in [0.15, 0.2) is 73.2 Å². The molecule has 2 N–H and O–H groups in total. The van der Waals surface area contributed by atoms with Crippen LogP contribution in [0.3, 0.4) is 0 Å². The number of benzene rings is 2. The van der Waals surface area contributed by atoms with Gasteiger partial charge < -0.3 is 15.5 Å². The highest BCUT2D eigenvalue weighted by Gasteiger charge is 2.45. The molecule has 4 heterocycles. The van der Waals surface area contributed by atoms with E-state index in [0.29, 0.717) is 47.9 Å². The minimum atomic E-state index is -0.827. The van der Waals surface area contributed by atoms with Crippen LogP contribution >= 0.6 is 0 Å². The summed E-state index contributed by atoms with van der Waals surface area (Å²) in [6.45, 7) is 6.03. The average Bonchev–Trinajstić information content (AvgIpc) is 3.41. The summed E-state index contributed by atoms with van der Waals surface area (Å²) in [5.41, 5.74) is 3.98. The first-order valence-corrected chi connectivity index (χ1v) is 12.1. The Balaban J connectivity index is 1.13. The second-order valence-electron chi connectivity index (χ2n) is 9.43. The monoisotopic (exact) mass is 482 g/mol. The molecule has 3 aromatic rings. The van der Waals surface area contributed by atoms with E-state index in [1.807, 2.05) is 35.3 Å². The topological polar surface area (TPSA) is 99.6 Å². The largest absolute Gasteiger partial charge is 0.380 e. The number of fused-ring (bicyclic) bond motifs is 1. The average molecular weight is 483 g/mol. The highest BCUT2D eigenvalue weighted by Crippen LogP contribution is 2.33. The fraction of sp³-hybridized carbons (Fsp3) is 0.259. The summed E-state index contributed by atoms with van der Waals surface area (Å²) in [7, 11) is 0. The number of amides is 3. The zero-order chi connectivity index (χ0) is 24.8. The minimum absolute atomic E-state index is 0.310. The molecule has 9 nitrogen and oxygen atoms in total. The second-order valence-corrected chi connectivity index (χ2v) is 9.43. The van der Waals surface area contributed by atoms with E-state index in [0.717, 1.165) is 23.6 Å². The summed E-state index contributed by atoms with van der Waals surface area (Å²) in [4.78, 5) is 42.2. The van der Waals surface area contributed by atoms with Gasteiger partial charge >= 0.3 is 0 Å². The molecule has 3 amide bonds. The quantitative estimate of drug-likeness (QED) is 0.524. The van der Waals surface area contributed by atoms with Gasteiger partial charge in [0.15, 0.2) is 0 Å². The molecule has 2 aromatic carbocycles. The van der Waals surface area contributed by atoms with E-state index >= 15 is 0 Å². The Hall–Kier alpha value is -4.40. The second kappa shape index (κ2) is 8.67. The molecule has 1 unspecified atom stereocenters. The number of hydrogen-bond donors (Lipinski definition) is 2. The molecule has 36 heavy (non-hydrogen) atoms. The summed E-state index contributed by atoms with van der Waals surface area (Å²) in [5.74, 6) is -1.26. The molecule has 0 bridgehead atoms. The first-order valence-electron chi connectivity index (χ1n) is 12.1. The molecule has 182 valence electrons. The predicted molar refractivity (Wildman–Crippen MR) is 134 cm³/mol. The van der Waals surface area contributed by atoms with Crippen molar-refractivity contribution in [1.29, 1.82) is 0 Å². The predicted octanol–water partition coefficient (Wildman–Crippen LogP) is 2.94. The molecule has 3 aliphatic rings. The number of hydrogen-bond acceptors (Lipinski definition) is 6. The summed E-state index contributed by atoms with van der Waals surface area (Å²) < 4.78 is 1.98. The van der Waals surface area contributed by atoms with E-state index in [1.54, 1.807) is 18.2 Å².